The van der Waals surface area contributed by atoms with Gasteiger partial charge in [-0.25, -0.2) is 0 Å². The molecule has 0 aliphatic heterocycles. The number of aryl methyl sites for hydroxylation is 2. The van der Waals surface area contributed by atoms with Crippen molar-refractivity contribution in [3.8, 4) is 0 Å². The van der Waals surface area contributed by atoms with Crippen LogP contribution in [0.25, 0.3) is 0 Å². The van der Waals surface area contributed by atoms with Crippen molar-refractivity contribution in [3.63, 3.8) is 0 Å². The zero-order valence-corrected chi connectivity index (χ0v) is 11.8. The standard InChI is InChI=1S/C16H16ClNO/c1-3-12-5-8-14(9-6-12)18-16(19)13-7-4-11(2)15(17)10-13/h4-10H,3H2,1-2H3,(H,18,19). The Morgan fingerprint density at radius 3 is 2.42 bits per heavy atom. The summed E-state index contributed by atoms with van der Waals surface area (Å²) in [6, 6.07) is 13.1. The first-order valence-corrected chi connectivity index (χ1v) is 6.64. The molecule has 0 saturated heterocycles. The summed E-state index contributed by atoms with van der Waals surface area (Å²) in [5.74, 6) is -0.147. The Kier molecular flexibility index (Phi) is 4.23. The monoisotopic (exact) mass is 273 g/mol. The normalized spacial score (nSPS) is 10.3. The van der Waals surface area contributed by atoms with Crippen LogP contribution in [-0.4, -0.2) is 5.91 Å². The highest BCUT2D eigenvalue weighted by atomic mass is 35.5. The number of halogens is 1. The topological polar surface area (TPSA) is 29.1 Å². The molecule has 0 bridgehead atoms. The van der Waals surface area contributed by atoms with Crippen molar-refractivity contribution in [3.05, 3.63) is 64.2 Å². The molecule has 0 atom stereocenters. The van der Waals surface area contributed by atoms with E-state index >= 15 is 0 Å². The van der Waals surface area contributed by atoms with Crippen LogP contribution in [0.2, 0.25) is 5.02 Å². The largest absolute Gasteiger partial charge is 0.322 e. The number of rotatable bonds is 3. The fourth-order valence-corrected chi connectivity index (χ4v) is 1.94. The molecular weight excluding hydrogens is 258 g/mol. The van der Waals surface area contributed by atoms with E-state index in [1.54, 1.807) is 12.1 Å². The first-order valence-electron chi connectivity index (χ1n) is 6.26. The van der Waals surface area contributed by atoms with Crippen LogP contribution in [0.3, 0.4) is 0 Å². The van der Waals surface area contributed by atoms with E-state index in [0.29, 0.717) is 10.6 Å². The molecule has 0 radical (unpaired) electrons. The highest BCUT2D eigenvalue weighted by Gasteiger charge is 2.07. The first-order chi connectivity index (χ1) is 9.10. The lowest BCUT2D eigenvalue weighted by Gasteiger charge is -2.07. The van der Waals surface area contributed by atoms with Crippen LogP contribution in [0.4, 0.5) is 5.69 Å². The molecule has 19 heavy (non-hydrogen) atoms. The van der Waals surface area contributed by atoms with Gasteiger partial charge >= 0.3 is 0 Å². The summed E-state index contributed by atoms with van der Waals surface area (Å²) in [7, 11) is 0. The van der Waals surface area contributed by atoms with Crippen molar-refractivity contribution in [2.24, 2.45) is 0 Å². The molecule has 3 heteroatoms. The maximum absolute atomic E-state index is 12.1. The van der Waals surface area contributed by atoms with Crippen LogP contribution in [-0.2, 0) is 6.42 Å². The molecule has 2 aromatic rings. The van der Waals surface area contributed by atoms with Gasteiger partial charge < -0.3 is 5.32 Å². The van der Waals surface area contributed by atoms with Gasteiger partial charge in [-0.1, -0.05) is 36.7 Å². The van der Waals surface area contributed by atoms with E-state index in [0.717, 1.165) is 17.7 Å². The van der Waals surface area contributed by atoms with Crippen LogP contribution in [0.5, 0.6) is 0 Å². The summed E-state index contributed by atoms with van der Waals surface area (Å²) in [6.07, 6.45) is 0.988. The van der Waals surface area contributed by atoms with E-state index < -0.39 is 0 Å². The fraction of sp³-hybridized carbons (Fsp3) is 0.188. The summed E-state index contributed by atoms with van der Waals surface area (Å²) in [5.41, 5.74) is 3.57. The molecule has 0 aliphatic carbocycles. The summed E-state index contributed by atoms with van der Waals surface area (Å²) >= 11 is 6.02. The minimum absolute atomic E-state index is 0.147. The van der Waals surface area contributed by atoms with E-state index in [2.05, 4.69) is 12.2 Å². The zero-order chi connectivity index (χ0) is 13.8. The van der Waals surface area contributed by atoms with Gasteiger partial charge in [0.1, 0.15) is 0 Å². The molecule has 1 amide bonds. The second-order valence-electron chi connectivity index (χ2n) is 4.47. The molecular formula is C16H16ClNO. The molecule has 1 N–H and O–H groups in total. The highest BCUT2D eigenvalue weighted by molar-refractivity contribution is 6.31. The number of carbonyl (C=O) groups is 1. The van der Waals surface area contributed by atoms with Crippen molar-refractivity contribution in [2.75, 3.05) is 5.32 Å². The Morgan fingerprint density at radius 1 is 1.16 bits per heavy atom. The molecule has 0 heterocycles. The van der Waals surface area contributed by atoms with E-state index in [1.807, 2.05) is 37.3 Å². The molecule has 0 aromatic heterocycles. The third-order valence-corrected chi connectivity index (χ3v) is 3.46. The third kappa shape index (κ3) is 3.36. The molecule has 0 spiro atoms. The van der Waals surface area contributed by atoms with Gasteiger partial charge in [-0.2, -0.15) is 0 Å². The quantitative estimate of drug-likeness (QED) is 0.879. The predicted octanol–water partition coefficient (Wildman–Crippen LogP) is 4.46. The summed E-state index contributed by atoms with van der Waals surface area (Å²) in [4.78, 5) is 12.1. The van der Waals surface area contributed by atoms with Crippen LogP contribution in [0, 0.1) is 6.92 Å². The summed E-state index contributed by atoms with van der Waals surface area (Å²) < 4.78 is 0. The Balaban J connectivity index is 2.13. The van der Waals surface area contributed by atoms with Gasteiger partial charge in [-0.15, -0.1) is 0 Å². The molecule has 0 unspecified atom stereocenters. The van der Waals surface area contributed by atoms with Gasteiger partial charge in [0.2, 0.25) is 0 Å². The number of amides is 1. The minimum Gasteiger partial charge on any atom is -0.322 e. The van der Waals surface area contributed by atoms with Crippen LogP contribution in [0.15, 0.2) is 42.5 Å². The fourth-order valence-electron chi connectivity index (χ4n) is 1.76. The average molecular weight is 274 g/mol. The maximum Gasteiger partial charge on any atom is 0.255 e. The lowest BCUT2D eigenvalue weighted by molar-refractivity contribution is 0.102. The number of benzene rings is 2. The van der Waals surface area contributed by atoms with Gasteiger partial charge in [0, 0.05) is 16.3 Å². The highest BCUT2D eigenvalue weighted by Crippen LogP contribution is 2.18. The Morgan fingerprint density at radius 2 is 1.84 bits per heavy atom. The summed E-state index contributed by atoms with van der Waals surface area (Å²) in [6.45, 7) is 4.01. The smallest absolute Gasteiger partial charge is 0.255 e. The number of carbonyl (C=O) groups excluding carboxylic acids is 1. The van der Waals surface area contributed by atoms with Gasteiger partial charge in [0.05, 0.1) is 0 Å². The number of anilines is 1. The minimum atomic E-state index is -0.147. The van der Waals surface area contributed by atoms with Crippen molar-refractivity contribution < 1.29 is 4.79 Å². The number of hydrogen-bond acceptors (Lipinski definition) is 1. The maximum atomic E-state index is 12.1. The van der Waals surface area contributed by atoms with E-state index in [9.17, 15) is 4.79 Å². The van der Waals surface area contributed by atoms with E-state index in [4.69, 9.17) is 11.6 Å². The third-order valence-electron chi connectivity index (χ3n) is 3.05. The van der Waals surface area contributed by atoms with Gasteiger partial charge in [0.25, 0.3) is 5.91 Å². The molecule has 0 aliphatic rings. The molecule has 2 aromatic carbocycles. The molecule has 2 nitrogen and oxygen atoms in total. The average Bonchev–Trinajstić information content (AvgIpc) is 2.42. The van der Waals surface area contributed by atoms with Gasteiger partial charge in [-0.05, 0) is 48.7 Å². The number of nitrogens with one attached hydrogen (secondary N) is 1. The van der Waals surface area contributed by atoms with E-state index in [1.165, 1.54) is 5.56 Å². The molecule has 0 fully saturated rings. The van der Waals surface area contributed by atoms with Crippen molar-refractivity contribution in [2.45, 2.75) is 20.3 Å². The van der Waals surface area contributed by atoms with E-state index in [-0.39, 0.29) is 5.91 Å². The van der Waals surface area contributed by atoms with Crippen LogP contribution < -0.4 is 5.32 Å². The second-order valence-corrected chi connectivity index (χ2v) is 4.88. The van der Waals surface area contributed by atoms with Gasteiger partial charge in [0.15, 0.2) is 0 Å². The van der Waals surface area contributed by atoms with Crippen LogP contribution in [0.1, 0.15) is 28.4 Å². The Labute approximate surface area is 118 Å². The lowest BCUT2D eigenvalue weighted by Crippen LogP contribution is -2.11. The number of hydrogen-bond donors (Lipinski definition) is 1. The van der Waals surface area contributed by atoms with Crippen LogP contribution >= 0.6 is 11.6 Å². The van der Waals surface area contributed by atoms with Crippen molar-refractivity contribution in [1.82, 2.24) is 0 Å². The Hall–Kier alpha value is -1.80. The molecule has 98 valence electrons. The predicted molar refractivity (Wildman–Crippen MR) is 80.0 cm³/mol. The Bertz CT molecular complexity index is 590. The lowest BCUT2D eigenvalue weighted by atomic mass is 10.1. The first kappa shape index (κ1) is 13.6. The summed E-state index contributed by atoms with van der Waals surface area (Å²) in [5, 5.41) is 3.46. The SMILES string of the molecule is CCc1ccc(NC(=O)c2ccc(C)c(Cl)c2)cc1. The van der Waals surface area contributed by atoms with Crippen molar-refractivity contribution >= 4 is 23.2 Å². The zero-order valence-electron chi connectivity index (χ0n) is 11.0. The van der Waals surface area contributed by atoms with Crippen molar-refractivity contribution in [1.29, 1.82) is 0 Å². The molecule has 2 rings (SSSR count). The second kappa shape index (κ2) is 5.89. The van der Waals surface area contributed by atoms with Gasteiger partial charge in [-0.3, -0.25) is 4.79 Å². The molecule has 0 saturated carbocycles.